The first kappa shape index (κ1) is 10.2. The van der Waals surface area contributed by atoms with Crippen LogP contribution < -0.4 is 0 Å². The van der Waals surface area contributed by atoms with Crippen LogP contribution in [0.15, 0.2) is 16.5 Å². The fraction of sp³-hybridized carbons (Fsp3) is 0.500. The van der Waals surface area contributed by atoms with Crippen molar-refractivity contribution in [1.29, 1.82) is 0 Å². The molecule has 0 radical (unpaired) electrons. The van der Waals surface area contributed by atoms with Gasteiger partial charge in [0, 0.05) is 0 Å². The number of aliphatic hydroxyl groups excluding tert-OH is 2. The van der Waals surface area contributed by atoms with Crippen LogP contribution in [-0.4, -0.2) is 10.2 Å². The summed E-state index contributed by atoms with van der Waals surface area (Å²) in [5, 5.41) is 16.9. The lowest BCUT2D eigenvalue weighted by Crippen LogP contribution is -1.76. The number of hydrogen-bond donors (Lipinski definition) is 2. The van der Waals surface area contributed by atoms with E-state index < -0.39 is 0 Å². The topological polar surface area (TPSA) is 53.6 Å². The van der Waals surface area contributed by atoms with Gasteiger partial charge in [0.2, 0.25) is 0 Å². The molecule has 1 heterocycles. The molecule has 3 nitrogen and oxygen atoms in total. The Morgan fingerprint density at radius 3 is 1.64 bits per heavy atom. The maximum Gasteiger partial charge on any atom is 0.129 e. The summed E-state index contributed by atoms with van der Waals surface area (Å²) in [4.78, 5) is 0. The molecule has 0 saturated heterocycles. The van der Waals surface area contributed by atoms with Gasteiger partial charge in [0.25, 0.3) is 0 Å². The monoisotopic (exact) mass is 158 g/mol. The second-order valence-electron chi connectivity index (χ2n) is 1.68. The predicted octanol–water partition coefficient (Wildman–Crippen LogP) is 1.29. The van der Waals surface area contributed by atoms with E-state index in [-0.39, 0.29) is 13.2 Å². The predicted molar refractivity (Wildman–Crippen MR) is 41.9 cm³/mol. The minimum absolute atomic E-state index is 0.111. The molecular weight excluding hydrogens is 144 g/mol. The first-order valence-corrected chi connectivity index (χ1v) is 3.66. The van der Waals surface area contributed by atoms with E-state index in [1.54, 1.807) is 12.1 Å². The van der Waals surface area contributed by atoms with Crippen molar-refractivity contribution in [3.8, 4) is 0 Å². The highest BCUT2D eigenvalue weighted by Gasteiger charge is 1.96. The molecule has 11 heavy (non-hydrogen) atoms. The quantitative estimate of drug-likeness (QED) is 0.681. The standard InChI is InChI=1S/C6H8O3.C2H6/c7-3-5-1-2-6(4-8)9-5;1-2/h1-2,7-8H,3-4H2;1-2H3. The van der Waals surface area contributed by atoms with Gasteiger partial charge in [-0.1, -0.05) is 13.8 Å². The van der Waals surface area contributed by atoms with Crippen LogP contribution in [0.5, 0.6) is 0 Å². The maximum absolute atomic E-state index is 8.47. The summed E-state index contributed by atoms with van der Waals surface area (Å²) in [6.45, 7) is 3.78. The van der Waals surface area contributed by atoms with Crippen molar-refractivity contribution in [1.82, 2.24) is 0 Å². The second-order valence-corrected chi connectivity index (χ2v) is 1.68. The smallest absolute Gasteiger partial charge is 0.129 e. The summed E-state index contributed by atoms with van der Waals surface area (Å²) in [5.74, 6) is 0.970. The highest BCUT2D eigenvalue weighted by Crippen LogP contribution is 2.06. The molecule has 3 heteroatoms. The third-order valence-corrected chi connectivity index (χ3v) is 1.03. The number of aliphatic hydroxyl groups is 2. The number of furan rings is 1. The lowest BCUT2D eigenvalue weighted by molar-refractivity contribution is 0.215. The van der Waals surface area contributed by atoms with Crippen LogP contribution in [0.2, 0.25) is 0 Å². The van der Waals surface area contributed by atoms with E-state index in [2.05, 4.69) is 0 Å². The molecule has 1 aromatic rings. The van der Waals surface area contributed by atoms with Crippen LogP contribution in [0, 0.1) is 0 Å². The van der Waals surface area contributed by atoms with Crippen molar-refractivity contribution < 1.29 is 14.6 Å². The summed E-state index contributed by atoms with van der Waals surface area (Å²) in [6, 6.07) is 3.26. The van der Waals surface area contributed by atoms with Crippen molar-refractivity contribution in [3.63, 3.8) is 0 Å². The van der Waals surface area contributed by atoms with Crippen molar-refractivity contribution >= 4 is 0 Å². The van der Waals surface area contributed by atoms with Gasteiger partial charge in [0.1, 0.15) is 24.7 Å². The van der Waals surface area contributed by atoms with Crippen LogP contribution in [-0.2, 0) is 13.2 Å². The maximum atomic E-state index is 8.47. The Morgan fingerprint density at radius 1 is 1.09 bits per heavy atom. The van der Waals surface area contributed by atoms with Crippen molar-refractivity contribution in [2.75, 3.05) is 0 Å². The fourth-order valence-corrected chi connectivity index (χ4v) is 0.592. The Kier molecular flexibility index (Phi) is 5.51. The molecule has 0 unspecified atom stereocenters. The Bertz CT molecular complexity index is 163. The zero-order valence-corrected chi connectivity index (χ0v) is 6.87. The van der Waals surface area contributed by atoms with Crippen molar-refractivity contribution in [2.24, 2.45) is 0 Å². The molecule has 0 aliphatic rings. The van der Waals surface area contributed by atoms with Crippen molar-refractivity contribution in [2.45, 2.75) is 27.1 Å². The molecule has 64 valence electrons. The van der Waals surface area contributed by atoms with Crippen LogP contribution >= 0.6 is 0 Å². The average molecular weight is 158 g/mol. The lowest BCUT2D eigenvalue weighted by atomic mass is 10.4. The summed E-state index contributed by atoms with van der Waals surface area (Å²) in [7, 11) is 0. The van der Waals surface area contributed by atoms with E-state index in [0.717, 1.165) is 0 Å². The molecular formula is C8H14O3. The van der Waals surface area contributed by atoms with E-state index >= 15 is 0 Å². The number of hydrogen-bond acceptors (Lipinski definition) is 3. The van der Waals surface area contributed by atoms with Crippen LogP contribution in [0.25, 0.3) is 0 Å². The minimum atomic E-state index is -0.111. The van der Waals surface area contributed by atoms with E-state index in [0.29, 0.717) is 11.5 Å². The first-order chi connectivity index (χ1) is 5.36. The largest absolute Gasteiger partial charge is 0.461 e. The van der Waals surface area contributed by atoms with Gasteiger partial charge in [-0.2, -0.15) is 0 Å². The Hall–Kier alpha value is -0.800. The van der Waals surface area contributed by atoms with Gasteiger partial charge >= 0.3 is 0 Å². The van der Waals surface area contributed by atoms with Gasteiger partial charge in [-0.25, -0.2) is 0 Å². The third-order valence-electron chi connectivity index (χ3n) is 1.03. The second kappa shape index (κ2) is 5.95. The molecule has 0 atom stereocenters. The highest BCUT2D eigenvalue weighted by atomic mass is 16.4. The van der Waals surface area contributed by atoms with E-state index in [1.807, 2.05) is 13.8 Å². The summed E-state index contributed by atoms with van der Waals surface area (Å²) in [6.07, 6.45) is 0. The van der Waals surface area contributed by atoms with Crippen LogP contribution in [0.3, 0.4) is 0 Å². The lowest BCUT2D eigenvalue weighted by Gasteiger charge is -1.86. The minimum Gasteiger partial charge on any atom is -0.461 e. The summed E-state index contributed by atoms with van der Waals surface area (Å²) in [5.41, 5.74) is 0. The van der Waals surface area contributed by atoms with E-state index in [1.165, 1.54) is 0 Å². The molecule has 0 aliphatic carbocycles. The third kappa shape index (κ3) is 3.20. The fourth-order valence-electron chi connectivity index (χ4n) is 0.592. The molecule has 1 rings (SSSR count). The van der Waals surface area contributed by atoms with E-state index in [9.17, 15) is 0 Å². The SMILES string of the molecule is CC.OCc1ccc(CO)o1. The zero-order chi connectivity index (χ0) is 8.69. The van der Waals surface area contributed by atoms with Crippen LogP contribution in [0.4, 0.5) is 0 Å². The zero-order valence-electron chi connectivity index (χ0n) is 6.87. The molecule has 0 saturated carbocycles. The Morgan fingerprint density at radius 2 is 1.45 bits per heavy atom. The molecule has 0 aliphatic heterocycles. The molecule has 0 fully saturated rings. The first-order valence-electron chi connectivity index (χ1n) is 3.66. The van der Waals surface area contributed by atoms with Gasteiger partial charge in [-0.3, -0.25) is 0 Å². The van der Waals surface area contributed by atoms with Gasteiger partial charge < -0.3 is 14.6 Å². The molecule has 0 aromatic carbocycles. The summed E-state index contributed by atoms with van der Waals surface area (Å²) < 4.78 is 4.88. The van der Waals surface area contributed by atoms with Gasteiger partial charge in [-0.15, -0.1) is 0 Å². The number of rotatable bonds is 2. The molecule has 1 aromatic heterocycles. The molecule has 0 spiro atoms. The molecule has 0 amide bonds. The van der Waals surface area contributed by atoms with Crippen molar-refractivity contribution in [3.05, 3.63) is 23.7 Å². The molecule has 0 bridgehead atoms. The van der Waals surface area contributed by atoms with Gasteiger partial charge in [-0.05, 0) is 12.1 Å². The summed E-state index contributed by atoms with van der Waals surface area (Å²) >= 11 is 0. The van der Waals surface area contributed by atoms with Gasteiger partial charge in [0.15, 0.2) is 0 Å². The van der Waals surface area contributed by atoms with Gasteiger partial charge in [0.05, 0.1) is 0 Å². The average Bonchev–Trinajstić information content (AvgIpc) is 2.55. The van der Waals surface area contributed by atoms with E-state index in [4.69, 9.17) is 14.6 Å². The Balaban J connectivity index is 0.000000461. The normalized spacial score (nSPS) is 8.73. The Labute approximate surface area is 66.3 Å². The molecule has 2 N–H and O–H groups in total. The van der Waals surface area contributed by atoms with Crippen LogP contribution in [0.1, 0.15) is 25.4 Å². The highest BCUT2D eigenvalue weighted by molar-refractivity contribution is 5.04.